The largest absolute Gasteiger partial charge is 0.333 e. The zero-order valence-electron chi connectivity index (χ0n) is 9.37. The van der Waals surface area contributed by atoms with Crippen LogP contribution in [0.2, 0.25) is 5.02 Å². The summed E-state index contributed by atoms with van der Waals surface area (Å²) in [7, 11) is 0. The monoisotopic (exact) mass is 288 g/mol. The summed E-state index contributed by atoms with van der Waals surface area (Å²) in [5.41, 5.74) is 0.979. The molecule has 0 fully saturated rings. The van der Waals surface area contributed by atoms with Crippen molar-refractivity contribution in [3.05, 3.63) is 40.4 Å². The van der Waals surface area contributed by atoms with E-state index in [1.807, 2.05) is 11.4 Å². The van der Waals surface area contributed by atoms with Crippen LogP contribution in [0.25, 0.3) is 22.3 Å². The molecule has 0 saturated carbocycles. The van der Waals surface area contributed by atoms with E-state index in [0.717, 1.165) is 4.88 Å². The van der Waals surface area contributed by atoms with Crippen molar-refractivity contribution in [3.8, 4) is 28.4 Å². The molecular weight excluding hydrogens is 284 g/mol. The third-order valence-corrected chi connectivity index (χ3v) is 3.69. The first-order valence-electron chi connectivity index (χ1n) is 5.21. The zero-order valence-corrected chi connectivity index (χ0v) is 10.9. The lowest BCUT2D eigenvalue weighted by molar-refractivity contribution is 0.433. The van der Waals surface area contributed by atoms with Crippen LogP contribution in [0, 0.1) is 11.3 Å². The molecule has 0 spiro atoms. The number of halogens is 1. The van der Waals surface area contributed by atoms with E-state index in [9.17, 15) is 0 Å². The van der Waals surface area contributed by atoms with Gasteiger partial charge < -0.3 is 4.52 Å². The summed E-state index contributed by atoms with van der Waals surface area (Å²) in [5, 5.41) is 15.1. The SMILES string of the molecule is N#Cc1ccnc(-c2noc(-c3sccc3Cl)n2)c1. The topological polar surface area (TPSA) is 75.6 Å². The lowest BCUT2D eigenvalue weighted by Gasteiger charge is -1.92. The molecule has 0 bridgehead atoms. The van der Waals surface area contributed by atoms with Gasteiger partial charge >= 0.3 is 0 Å². The van der Waals surface area contributed by atoms with E-state index in [0.29, 0.717) is 28.0 Å². The number of pyridine rings is 1. The summed E-state index contributed by atoms with van der Waals surface area (Å²) in [4.78, 5) is 9.06. The Bertz CT molecular complexity index is 774. The van der Waals surface area contributed by atoms with Gasteiger partial charge in [-0.15, -0.1) is 11.3 Å². The summed E-state index contributed by atoms with van der Waals surface area (Å²) in [5.74, 6) is 0.677. The third-order valence-electron chi connectivity index (χ3n) is 2.36. The third kappa shape index (κ3) is 2.21. The molecule has 3 aromatic rings. The summed E-state index contributed by atoms with van der Waals surface area (Å²) >= 11 is 7.42. The maximum atomic E-state index is 8.84. The molecule has 92 valence electrons. The highest BCUT2D eigenvalue weighted by Gasteiger charge is 2.15. The second-order valence-corrected chi connectivity index (χ2v) is 4.89. The highest BCUT2D eigenvalue weighted by Crippen LogP contribution is 2.32. The Morgan fingerprint density at radius 1 is 1.37 bits per heavy atom. The average Bonchev–Trinajstić information content (AvgIpc) is 3.07. The Morgan fingerprint density at radius 3 is 3.00 bits per heavy atom. The molecule has 3 rings (SSSR count). The molecule has 0 aliphatic rings. The van der Waals surface area contributed by atoms with Crippen LogP contribution in [0.4, 0.5) is 0 Å². The van der Waals surface area contributed by atoms with Crippen LogP contribution in [-0.4, -0.2) is 15.1 Å². The van der Waals surface area contributed by atoms with Crippen molar-refractivity contribution in [3.63, 3.8) is 0 Å². The molecule has 0 amide bonds. The van der Waals surface area contributed by atoms with Crippen LogP contribution in [-0.2, 0) is 0 Å². The number of hydrogen-bond acceptors (Lipinski definition) is 6. The molecule has 5 nitrogen and oxygen atoms in total. The summed E-state index contributed by atoms with van der Waals surface area (Å²) in [6, 6.07) is 7.01. The lowest BCUT2D eigenvalue weighted by Crippen LogP contribution is -1.86. The average molecular weight is 289 g/mol. The highest BCUT2D eigenvalue weighted by atomic mass is 35.5. The first-order valence-corrected chi connectivity index (χ1v) is 6.47. The fourth-order valence-corrected chi connectivity index (χ4v) is 2.55. The molecule has 0 aliphatic heterocycles. The Morgan fingerprint density at radius 2 is 2.26 bits per heavy atom. The Labute approximate surface area is 117 Å². The number of nitrogens with zero attached hydrogens (tertiary/aromatic N) is 4. The van der Waals surface area contributed by atoms with Gasteiger partial charge in [0.05, 0.1) is 16.7 Å². The van der Waals surface area contributed by atoms with Crippen molar-refractivity contribution in [2.75, 3.05) is 0 Å². The van der Waals surface area contributed by atoms with Crippen LogP contribution >= 0.6 is 22.9 Å². The molecule has 3 aromatic heterocycles. The number of nitriles is 1. The summed E-state index contributed by atoms with van der Waals surface area (Å²) in [6.45, 7) is 0. The summed E-state index contributed by atoms with van der Waals surface area (Å²) < 4.78 is 5.16. The van der Waals surface area contributed by atoms with Crippen molar-refractivity contribution >= 4 is 22.9 Å². The molecule has 0 N–H and O–H groups in total. The molecule has 0 atom stereocenters. The van der Waals surface area contributed by atoms with Crippen molar-refractivity contribution in [2.45, 2.75) is 0 Å². The fraction of sp³-hybridized carbons (Fsp3) is 0. The van der Waals surface area contributed by atoms with Gasteiger partial charge in [-0.1, -0.05) is 16.8 Å². The smallest absolute Gasteiger partial charge is 0.269 e. The maximum absolute atomic E-state index is 8.84. The van der Waals surface area contributed by atoms with Crippen molar-refractivity contribution < 1.29 is 4.52 Å². The van der Waals surface area contributed by atoms with E-state index in [-0.39, 0.29) is 0 Å². The maximum Gasteiger partial charge on any atom is 0.269 e. The fourth-order valence-electron chi connectivity index (χ4n) is 1.49. The van der Waals surface area contributed by atoms with Crippen molar-refractivity contribution in [1.29, 1.82) is 5.26 Å². The van der Waals surface area contributed by atoms with Crippen LogP contribution in [0.1, 0.15) is 5.56 Å². The standard InChI is InChI=1S/C12H5ClN4OS/c13-8-2-4-19-10(8)12-16-11(17-18-12)9-5-7(6-14)1-3-15-9/h1-5H. The number of thiophene rings is 1. The van der Waals surface area contributed by atoms with E-state index >= 15 is 0 Å². The minimum absolute atomic E-state index is 0.330. The van der Waals surface area contributed by atoms with E-state index in [1.165, 1.54) is 17.5 Å². The van der Waals surface area contributed by atoms with Gasteiger partial charge in [0.25, 0.3) is 5.89 Å². The first-order chi connectivity index (χ1) is 9.28. The van der Waals surface area contributed by atoms with E-state index in [2.05, 4.69) is 15.1 Å². The second-order valence-electron chi connectivity index (χ2n) is 3.56. The number of rotatable bonds is 2. The van der Waals surface area contributed by atoms with Crippen LogP contribution in [0.3, 0.4) is 0 Å². The molecule has 7 heteroatoms. The molecule has 3 heterocycles. The second kappa shape index (κ2) is 4.80. The zero-order chi connectivity index (χ0) is 13.2. The van der Waals surface area contributed by atoms with Gasteiger partial charge in [-0.05, 0) is 23.6 Å². The first kappa shape index (κ1) is 11.8. The predicted molar refractivity (Wildman–Crippen MR) is 70.6 cm³/mol. The number of hydrogen-bond donors (Lipinski definition) is 0. The van der Waals surface area contributed by atoms with Crippen LogP contribution in [0.5, 0.6) is 0 Å². The van der Waals surface area contributed by atoms with Gasteiger partial charge in [-0.3, -0.25) is 4.98 Å². The Balaban J connectivity index is 2.02. The van der Waals surface area contributed by atoms with Crippen molar-refractivity contribution in [2.24, 2.45) is 0 Å². The quantitative estimate of drug-likeness (QED) is 0.722. The normalized spacial score (nSPS) is 10.3. The molecule has 0 radical (unpaired) electrons. The highest BCUT2D eigenvalue weighted by molar-refractivity contribution is 7.14. The summed E-state index contributed by atoms with van der Waals surface area (Å²) in [6.07, 6.45) is 1.53. The Hall–Kier alpha value is -2.23. The molecular formula is C12H5ClN4OS. The van der Waals surface area contributed by atoms with Crippen LogP contribution < -0.4 is 0 Å². The minimum atomic E-state index is 0.330. The molecule has 0 aliphatic carbocycles. The van der Waals surface area contributed by atoms with Crippen LogP contribution in [0.15, 0.2) is 34.3 Å². The van der Waals surface area contributed by atoms with E-state index in [1.54, 1.807) is 18.2 Å². The van der Waals surface area contributed by atoms with Gasteiger partial charge in [-0.25, -0.2) is 0 Å². The van der Waals surface area contributed by atoms with Gasteiger partial charge in [-0.2, -0.15) is 10.2 Å². The Kier molecular flexibility index (Phi) is 2.99. The van der Waals surface area contributed by atoms with Gasteiger partial charge in [0.2, 0.25) is 5.82 Å². The molecule has 19 heavy (non-hydrogen) atoms. The van der Waals surface area contributed by atoms with Gasteiger partial charge in [0, 0.05) is 6.20 Å². The predicted octanol–water partition coefficient (Wildman–Crippen LogP) is 3.39. The molecule has 0 unspecified atom stereocenters. The van der Waals surface area contributed by atoms with E-state index < -0.39 is 0 Å². The van der Waals surface area contributed by atoms with E-state index in [4.69, 9.17) is 21.4 Å². The minimum Gasteiger partial charge on any atom is -0.333 e. The van der Waals surface area contributed by atoms with Gasteiger partial charge in [0.1, 0.15) is 10.6 Å². The molecule has 0 saturated heterocycles. The molecule has 0 aromatic carbocycles. The van der Waals surface area contributed by atoms with Gasteiger partial charge in [0.15, 0.2) is 0 Å². The van der Waals surface area contributed by atoms with Crippen molar-refractivity contribution in [1.82, 2.24) is 15.1 Å². The lowest BCUT2D eigenvalue weighted by atomic mass is 10.2. The number of aromatic nitrogens is 3.